The molecule has 0 aliphatic rings. The van der Waals surface area contributed by atoms with E-state index in [1.807, 2.05) is 36.4 Å². The Bertz CT molecular complexity index is 742. The lowest BCUT2D eigenvalue weighted by Gasteiger charge is -2.04. The summed E-state index contributed by atoms with van der Waals surface area (Å²) in [6.45, 7) is 4.17. The predicted octanol–water partition coefficient (Wildman–Crippen LogP) is 3.74. The van der Waals surface area contributed by atoms with Gasteiger partial charge in [-0.25, -0.2) is 4.68 Å². The van der Waals surface area contributed by atoms with E-state index in [0.717, 1.165) is 16.9 Å². The van der Waals surface area contributed by atoms with Crippen molar-refractivity contribution in [3.63, 3.8) is 0 Å². The van der Waals surface area contributed by atoms with E-state index in [4.69, 9.17) is 5.73 Å². The molecule has 2 aromatic carbocycles. The van der Waals surface area contributed by atoms with Crippen molar-refractivity contribution in [1.82, 2.24) is 9.78 Å². The van der Waals surface area contributed by atoms with Gasteiger partial charge in [0.15, 0.2) is 0 Å². The summed E-state index contributed by atoms with van der Waals surface area (Å²) in [5, 5.41) is 4.64. The maximum absolute atomic E-state index is 6.10. The molecule has 0 aliphatic heterocycles. The molecule has 0 saturated carbocycles. The van der Waals surface area contributed by atoms with Crippen LogP contribution < -0.4 is 5.73 Å². The molecular weight excluding hydrogens is 246 g/mol. The maximum Gasteiger partial charge on any atom is 0.127 e. The summed E-state index contributed by atoms with van der Waals surface area (Å²) in [5.74, 6) is 0.645. The molecule has 2 N–H and O–H groups in total. The van der Waals surface area contributed by atoms with E-state index in [1.54, 1.807) is 4.68 Å². The minimum Gasteiger partial charge on any atom is -0.384 e. The van der Waals surface area contributed by atoms with E-state index in [0.29, 0.717) is 5.82 Å². The van der Waals surface area contributed by atoms with Crippen molar-refractivity contribution in [2.45, 2.75) is 13.8 Å². The molecular formula is C17H17N3. The molecule has 3 heteroatoms. The zero-order valence-electron chi connectivity index (χ0n) is 11.7. The quantitative estimate of drug-likeness (QED) is 0.765. The Labute approximate surface area is 118 Å². The zero-order valence-corrected chi connectivity index (χ0v) is 11.7. The predicted molar refractivity (Wildman–Crippen MR) is 82.9 cm³/mol. The third-order valence-electron chi connectivity index (χ3n) is 3.41. The summed E-state index contributed by atoms with van der Waals surface area (Å²) >= 11 is 0. The largest absolute Gasteiger partial charge is 0.384 e. The van der Waals surface area contributed by atoms with Gasteiger partial charge in [-0.3, -0.25) is 0 Å². The van der Waals surface area contributed by atoms with Crippen LogP contribution in [0, 0.1) is 13.8 Å². The molecule has 1 heterocycles. The Morgan fingerprint density at radius 3 is 2.45 bits per heavy atom. The smallest absolute Gasteiger partial charge is 0.127 e. The third-order valence-corrected chi connectivity index (χ3v) is 3.41. The number of nitrogens with zero attached hydrogens (tertiary/aromatic N) is 2. The number of nitrogens with two attached hydrogens (primary N) is 1. The first kappa shape index (κ1) is 12.5. The Kier molecular flexibility index (Phi) is 3.03. The van der Waals surface area contributed by atoms with Crippen molar-refractivity contribution in [2.24, 2.45) is 0 Å². The van der Waals surface area contributed by atoms with Crippen LogP contribution in [0.25, 0.3) is 16.9 Å². The van der Waals surface area contributed by atoms with Crippen LogP contribution in [-0.2, 0) is 0 Å². The van der Waals surface area contributed by atoms with E-state index < -0.39 is 0 Å². The van der Waals surface area contributed by atoms with Crippen molar-refractivity contribution >= 4 is 5.82 Å². The number of benzene rings is 2. The van der Waals surface area contributed by atoms with Crippen molar-refractivity contribution in [3.8, 4) is 16.9 Å². The molecule has 0 amide bonds. The molecule has 0 bridgehead atoms. The lowest BCUT2D eigenvalue weighted by atomic mass is 10.0. The molecule has 0 radical (unpaired) electrons. The minimum absolute atomic E-state index is 0.645. The van der Waals surface area contributed by atoms with Crippen LogP contribution in [0.3, 0.4) is 0 Å². The SMILES string of the molecule is Cc1ccc(C)c(-c2cc(N)n(-c3ccccc3)n2)c1. The van der Waals surface area contributed by atoms with Gasteiger partial charge < -0.3 is 5.73 Å². The van der Waals surface area contributed by atoms with E-state index >= 15 is 0 Å². The van der Waals surface area contributed by atoms with Gasteiger partial charge in [-0.05, 0) is 37.6 Å². The standard InChI is InChI=1S/C17H17N3/c1-12-8-9-13(2)15(10-12)16-11-17(18)20(19-16)14-6-4-3-5-7-14/h3-11H,18H2,1-2H3. The molecule has 3 rings (SSSR count). The molecule has 0 aliphatic carbocycles. The highest BCUT2D eigenvalue weighted by molar-refractivity contribution is 5.67. The fourth-order valence-electron chi connectivity index (χ4n) is 2.31. The first-order valence-electron chi connectivity index (χ1n) is 6.64. The second-order valence-electron chi connectivity index (χ2n) is 5.02. The number of nitrogen functional groups attached to an aromatic ring is 1. The van der Waals surface area contributed by atoms with E-state index in [2.05, 4.69) is 37.1 Å². The topological polar surface area (TPSA) is 43.8 Å². The highest BCUT2D eigenvalue weighted by Gasteiger charge is 2.10. The van der Waals surface area contributed by atoms with Gasteiger partial charge in [0.2, 0.25) is 0 Å². The molecule has 100 valence electrons. The summed E-state index contributed by atoms with van der Waals surface area (Å²) in [4.78, 5) is 0. The lowest BCUT2D eigenvalue weighted by molar-refractivity contribution is 0.895. The fraction of sp³-hybridized carbons (Fsp3) is 0.118. The van der Waals surface area contributed by atoms with Crippen LogP contribution in [-0.4, -0.2) is 9.78 Å². The first-order chi connectivity index (χ1) is 9.65. The molecule has 0 spiro atoms. The van der Waals surface area contributed by atoms with Gasteiger partial charge in [-0.2, -0.15) is 5.10 Å². The van der Waals surface area contributed by atoms with Crippen molar-refractivity contribution < 1.29 is 0 Å². The van der Waals surface area contributed by atoms with Crippen LogP contribution in [0.15, 0.2) is 54.6 Å². The molecule has 0 fully saturated rings. The van der Waals surface area contributed by atoms with Crippen molar-refractivity contribution in [1.29, 1.82) is 0 Å². The molecule has 3 aromatic rings. The number of anilines is 1. The van der Waals surface area contributed by atoms with Crippen LogP contribution in [0.2, 0.25) is 0 Å². The summed E-state index contributed by atoms with van der Waals surface area (Å²) in [6, 6.07) is 18.2. The molecule has 1 aromatic heterocycles. The number of para-hydroxylation sites is 1. The van der Waals surface area contributed by atoms with Gasteiger partial charge in [-0.1, -0.05) is 35.9 Å². The Balaban J connectivity index is 2.11. The summed E-state index contributed by atoms with van der Waals surface area (Å²) in [6.07, 6.45) is 0. The van der Waals surface area contributed by atoms with Gasteiger partial charge in [0.05, 0.1) is 11.4 Å². The Hall–Kier alpha value is -2.55. The Morgan fingerprint density at radius 2 is 1.70 bits per heavy atom. The summed E-state index contributed by atoms with van der Waals surface area (Å²) < 4.78 is 1.77. The van der Waals surface area contributed by atoms with Crippen LogP contribution in [0.5, 0.6) is 0 Å². The average molecular weight is 263 g/mol. The van der Waals surface area contributed by atoms with Gasteiger partial charge in [-0.15, -0.1) is 0 Å². The van der Waals surface area contributed by atoms with Gasteiger partial charge in [0, 0.05) is 11.6 Å². The second-order valence-corrected chi connectivity index (χ2v) is 5.02. The third kappa shape index (κ3) is 2.18. The summed E-state index contributed by atoms with van der Waals surface area (Å²) in [7, 11) is 0. The molecule has 0 saturated heterocycles. The van der Waals surface area contributed by atoms with Gasteiger partial charge >= 0.3 is 0 Å². The monoisotopic (exact) mass is 263 g/mol. The number of hydrogen-bond acceptors (Lipinski definition) is 2. The van der Waals surface area contributed by atoms with Crippen LogP contribution in [0.1, 0.15) is 11.1 Å². The van der Waals surface area contributed by atoms with E-state index in [1.165, 1.54) is 11.1 Å². The van der Waals surface area contributed by atoms with Crippen LogP contribution in [0.4, 0.5) is 5.82 Å². The fourth-order valence-corrected chi connectivity index (χ4v) is 2.31. The van der Waals surface area contributed by atoms with Gasteiger partial charge in [0.25, 0.3) is 0 Å². The lowest BCUT2D eigenvalue weighted by Crippen LogP contribution is -2.01. The number of aryl methyl sites for hydroxylation is 2. The minimum atomic E-state index is 0.645. The van der Waals surface area contributed by atoms with E-state index in [-0.39, 0.29) is 0 Å². The Morgan fingerprint density at radius 1 is 0.950 bits per heavy atom. The second kappa shape index (κ2) is 4.85. The number of aromatic nitrogens is 2. The first-order valence-corrected chi connectivity index (χ1v) is 6.64. The molecule has 0 unspecified atom stereocenters. The van der Waals surface area contributed by atoms with Gasteiger partial charge in [0.1, 0.15) is 5.82 Å². The normalized spacial score (nSPS) is 10.7. The average Bonchev–Trinajstić information content (AvgIpc) is 2.84. The molecule has 3 nitrogen and oxygen atoms in total. The zero-order chi connectivity index (χ0) is 14.1. The molecule has 0 atom stereocenters. The number of rotatable bonds is 2. The highest BCUT2D eigenvalue weighted by Crippen LogP contribution is 2.26. The van der Waals surface area contributed by atoms with Crippen molar-refractivity contribution in [2.75, 3.05) is 5.73 Å². The highest BCUT2D eigenvalue weighted by atomic mass is 15.3. The summed E-state index contributed by atoms with van der Waals surface area (Å²) in [5.41, 5.74) is 11.5. The molecule has 20 heavy (non-hydrogen) atoms. The van der Waals surface area contributed by atoms with Crippen LogP contribution >= 0.6 is 0 Å². The van der Waals surface area contributed by atoms with Crippen molar-refractivity contribution in [3.05, 3.63) is 65.7 Å². The maximum atomic E-state index is 6.10. The van der Waals surface area contributed by atoms with E-state index in [9.17, 15) is 0 Å². The number of hydrogen-bond donors (Lipinski definition) is 1.